The maximum absolute atomic E-state index is 12.4. The van der Waals surface area contributed by atoms with Gasteiger partial charge in [0.2, 0.25) is 5.91 Å². The van der Waals surface area contributed by atoms with Gasteiger partial charge in [0.05, 0.1) is 18.5 Å². The van der Waals surface area contributed by atoms with Crippen LogP contribution >= 0.6 is 0 Å². The molecule has 3 atom stereocenters. The fourth-order valence-corrected chi connectivity index (χ4v) is 4.21. The van der Waals surface area contributed by atoms with E-state index in [4.69, 9.17) is 9.84 Å². The molecule has 0 aromatic heterocycles. The highest BCUT2D eigenvalue weighted by atomic mass is 16.5. The van der Waals surface area contributed by atoms with Crippen molar-refractivity contribution in [3.63, 3.8) is 0 Å². The Bertz CT molecular complexity index is 1020. The second kappa shape index (κ2) is 9.23. The largest absolute Gasteiger partial charge is 0.479 e. The Balaban J connectivity index is 1.28. The van der Waals surface area contributed by atoms with Crippen LogP contribution in [0.2, 0.25) is 0 Å². The quantitative estimate of drug-likeness (QED) is 0.492. The molecule has 3 unspecified atom stereocenters. The molecule has 0 fully saturated rings. The van der Waals surface area contributed by atoms with Gasteiger partial charge in [-0.3, -0.25) is 4.79 Å². The van der Waals surface area contributed by atoms with Crippen LogP contribution in [0.25, 0.3) is 11.1 Å². The van der Waals surface area contributed by atoms with E-state index in [-0.39, 0.29) is 25.1 Å². The van der Waals surface area contributed by atoms with Crippen LogP contribution in [0, 0.1) is 5.92 Å². The van der Waals surface area contributed by atoms with Crippen molar-refractivity contribution in [1.82, 2.24) is 10.6 Å². The van der Waals surface area contributed by atoms with Gasteiger partial charge in [-0.1, -0.05) is 60.7 Å². The number of hydrogen-bond donors (Lipinski definition) is 4. The molecule has 0 aliphatic heterocycles. The van der Waals surface area contributed by atoms with E-state index in [2.05, 4.69) is 22.8 Å². The lowest BCUT2D eigenvalue weighted by molar-refractivity contribution is -0.146. The Hall–Kier alpha value is -3.65. The van der Waals surface area contributed by atoms with Gasteiger partial charge in [0.25, 0.3) is 0 Å². The predicted octanol–water partition coefficient (Wildman–Crippen LogP) is 2.03. The number of nitrogens with one attached hydrogen (secondary N) is 2. The molecule has 4 N–H and O–H groups in total. The molecule has 2 amide bonds. The predicted molar refractivity (Wildman–Crippen MR) is 116 cm³/mol. The number of alkyl carbamates (subject to hydrolysis) is 1. The Morgan fingerprint density at radius 2 is 1.62 bits per heavy atom. The zero-order valence-electron chi connectivity index (χ0n) is 17.2. The number of carbonyl (C=O) groups is 3. The molecule has 2 aromatic carbocycles. The van der Waals surface area contributed by atoms with E-state index in [9.17, 15) is 19.5 Å². The topological polar surface area (TPSA) is 125 Å². The summed E-state index contributed by atoms with van der Waals surface area (Å²) in [5, 5.41) is 23.1. The third-order valence-electron chi connectivity index (χ3n) is 5.82. The average molecular weight is 436 g/mol. The highest BCUT2D eigenvalue weighted by Gasteiger charge is 2.30. The Kier molecular flexibility index (Phi) is 6.23. The second-order valence-corrected chi connectivity index (χ2v) is 7.90. The third-order valence-corrected chi connectivity index (χ3v) is 5.82. The van der Waals surface area contributed by atoms with E-state index in [1.54, 1.807) is 12.2 Å². The second-order valence-electron chi connectivity index (χ2n) is 7.90. The van der Waals surface area contributed by atoms with Crippen molar-refractivity contribution in [1.29, 1.82) is 0 Å². The van der Waals surface area contributed by atoms with Crippen LogP contribution in [-0.2, 0) is 14.3 Å². The zero-order valence-corrected chi connectivity index (χ0v) is 17.2. The normalized spacial score (nSPS) is 19.7. The van der Waals surface area contributed by atoms with Gasteiger partial charge in [0, 0.05) is 5.92 Å². The molecule has 2 aliphatic rings. The number of amides is 2. The summed E-state index contributed by atoms with van der Waals surface area (Å²) >= 11 is 0. The zero-order chi connectivity index (χ0) is 22.7. The van der Waals surface area contributed by atoms with Crippen molar-refractivity contribution in [2.75, 3.05) is 13.2 Å². The summed E-state index contributed by atoms with van der Waals surface area (Å²) in [5.74, 6) is -2.36. The Morgan fingerprint density at radius 1 is 1.00 bits per heavy atom. The van der Waals surface area contributed by atoms with Gasteiger partial charge in [-0.05, 0) is 28.7 Å². The third kappa shape index (κ3) is 4.50. The molecule has 0 heterocycles. The smallest absolute Gasteiger partial charge is 0.407 e. The molecule has 0 radical (unpaired) electrons. The maximum Gasteiger partial charge on any atom is 0.407 e. The molecule has 0 saturated heterocycles. The van der Waals surface area contributed by atoms with Gasteiger partial charge >= 0.3 is 12.1 Å². The van der Waals surface area contributed by atoms with Crippen LogP contribution in [0.1, 0.15) is 23.5 Å². The lowest BCUT2D eigenvalue weighted by Gasteiger charge is -2.17. The van der Waals surface area contributed by atoms with E-state index in [0.29, 0.717) is 6.42 Å². The van der Waals surface area contributed by atoms with Crippen LogP contribution in [-0.4, -0.2) is 53.5 Å². The number of ether oxygens (including phenoxy) is 1. The molecule has 32 heavy (non-hydrogen) atoms. The highest BCUT2D eigenvalue weighted by Crippen LogP contribution is 2.44. The molecule has 0 spiro atoms. The number of aliphatic hydroxyl groups is 1. The summed E-state index contributed by atoms with van der Waals surface area (Å²) in [6, 6.07) is 15.8. The van der Waals surface area contributed by atoms with Crippen molar-refractivity contribution in [3.05, 3.63) is 71.8 Å². The SMILES string of the molecule is O=C(NC1C=CC(C(=O)NCC(O)C(=O)O)C1)OCC1c2ccccc2-c2ccccc21. The minimum atomic E-state index is -1.65. The van der Waals surface area contributed by atoms with E-state index < -0.39 is 30.0 Å². The maximum atomic E-state index is 12.4. The fourth-order valence-electron chi connectivity index (χ4n) is 4.21. The number of aliphatic hydroxyl groups excluding tert-OH is 1. The van der Waals surface area contributed by atoms with Gasteiger partial charge < -0.3 is 25.6 Å². The lowest BCUT2D eigenvalue weighted by atomic mass is 9.98. The fraction of sp³-hybridized carbons (Fsp3) is 0.292. The van der Waals surface area contributed by atoms with Crippen LogP contribution in [0.5, 0.6) is 0 Å². The Labute approximate surface area is 184 Å². The van der Waals surface area contributed by atoms with Crippen molar-refractivity contribution >= 4 is 18.0 Å². The summed E-state index contributed by atoms with van der Waals surface area (Å²) in [5.41, 5.74) is 4.56. The first kappa shape index (κ1) is 21.6. The van der Waals surface area contributed by atoms with Gasteiger partial charge in [-0.25, -0.2) is 9.59 Å². The molecule has 2 aliphatic carbocycles. The first-order valence-corrected chi connectivity index (χ1v) is 10.4. The van der Waals surface area contributed by atoms with Gasteiger partial charge in [-0.15, -0.1) is 0 Å². The van der Waals surface area contributed by atoms with E-state index in [1.807, 2.05) is 36.4 Å². The van der Waals surface area contributed by atoms with Crippen molar-refractivity contribution in [2.45, 2.75) is 24.5 Å². The van der Waals surface area contributed by atoms with Crippen LogP contribution < -0.4 is 10.6 Å². The monoisotopic (exact) mass is 436 g/mol. The molecule has 8 nitrogen and oxygen atoms in total. The van der Waals surface area contributed by atoms with Crippen molar-refractivity contribution < 1.29 is 29.3 Å². The lowest BCUT2D eigenvalue weighted by Crippen LogP contribution is -2.40. The van der Waals surface area contributed by atoms with Crippen molar-refractivity contribution in [3.8, 4) is 11.1 Å². The number of carboxylic acids is 1. The summed E-state index contributed by atoms with van der Waals surface area (Å²) in [7, 11) is 0. The molecule has 0 saturated carbocycles. The van der Waals surface area contributed by atoms with Crippen LogP contribution in [0.4, 0.5) is 4.79 Å². The first-order valence-electron chi connectivity index (χ1n) is 10.4. The van der Waals surface area contributed by atoms with Gasteiger partial charge in [-0.2, -0.15) is 0 Å². The average Bonchev–Trinajstić information content (AvgIpc) is 3.38. The minimum absolute atomic E-state index is 0.0357. The van der Waals surface area contributed by atoms with Crippen LogP contribution in [0.3, 0.4) is 0 Å². The molecular formula is C24H24N2O6. The number of carbonyl (C=O) groups excluding carboxylic acids is 2. The molecule has 166 valence electrons. The number of aliphatic carboxylic acids is 1. The first-order chi connectivity index (χ1) is 15.4. The van der Waals surface area contributed by atoms with Gasteiger partial charge in [0.15, 0.2) is 6.10 Å². The molecule has 8 heteroatoms. The van der Waals surface area contributed by atoms with Gasteiger partial charge in [0.1, 0.15) is 6.61 Å². The summed E-state index contributed by atoms with van der Waals surface area (Å²) in [4.78, 5) is 35.1. The summed E-state index contributed by atoms with van der Waals surface area (Å²) in [6.07, 6.45) is 1.47. The Morgan fingerprint density at radius 3 is 2.25 bits per heavy atom. The molecule has 2 aromatic rings. The molecule has 4 rings (SSSR count). The number of carboxylic acid groups (broad SMARTS) is 1. The molecule has 0 bridgehead atoms. The van der Waals surface area contributed by atoms with Crippen molar-refractivity contribution in [2.24, 2.45) is 5.92 Å². The highest BCUT2D eigenvalue weighted by molar-refractivity contribution is 5.82. The summed E-state index contributed by atoms with van der Waals surface area (Å²) in [6.45, 7) is -0.170. The standard InChI is InChI=1S/C24H24N2O6/c27-21(23(29)30)12-25-22(28)14-9-10-15(11-14)26-24(31)32-13-20-18-7-3-1-5-16(18)17-6-2-4-8-19(17)20/h1-10,14-15,20-21,27H,11-13H2,(H,25,28)(H,26,31)(H,29,30). The van der Waals surface area contributed by atoms with E-state index in [1.165, 1.54) is 0 Å². The number of benzene rings is 2. The number of hydrogen-bond acceptors (Lipinski definition) is 5. The number of fused-ring (bicyclic) bond motifs is 3. The van der Waals surface area contributed by atoms with Crippen LogP contribution in [0.15, 0.2) is 60.7 Å². The minimum Gasteiger partial charge on any atom is -0.479 e. The molecular weight excluding hydrogens is 412 g/mol. The van der Waals surface area contributed by atoms with E-state index >= 15 is 0 Å². The van der Waals surface area contributed by atoms with E-state index in [0.717, 1.165) is 22.3 Å². The summed E-state index contributed by atoms with van der Waals surface area (Å²) < 4.78 is 5.52. The number of rotatable bonds is 7.